The zero-order valence-electron chi connectivity index (χ0n) is 8.84. The van der Waals surface area contributed by atoms with Gasteiger partial charge in [-0.2, -0.15) is 0 Å². The average Bonchev–Trinajstić information content (AvgIpc) is 2.77. The molecule has 1 N–H and O–H groups in total. The van der Waals surface area contributed by atoms with Gasteiger partial charge in [0.25, 0.3) is 0 Å². The van der Waals surface area contributed by atoms with Crippen LogP contribution in [-0.2, 0) is 6.61 Å². The highest BCUT2D eigenvalue weighted by Gasteiger charge is 2.10. The highest BCUT2D eigenvalue weighted by molar-refractivity contribution is 5.45. The van der Waals surface area contributed by atoms with Crippen molar-refractivity contribution in [2.75, 3.05) is 12.1 Å². The molecular formula is C11H12FN3O. The quantitative estimate of drug-likeness (QED) is 0.852. The second-order valence-electron chi connectivity index (χ2n) is 3.35. The summed E-state index contributed by atoms with van der Waals surface area (Å²) in [5, 5.41) is 10.7. The van der Waals surface area contributed by atoms with Crippen LogP contribution in [0.5, 0.6) is 0 Å². The highest BCUT2D eigenvalue weighted by atomic mass is 19.1. The van der Waals surface area contributed by atoms with Gasteiger partial charge in [0.15, 0.2) is 5.82 Å². The average molecular weight is 221 g/mol. The minimum absolute atomic E-state index is 0.0932. The zero-order valence-corrected chi connectivity index (χ0v) is 8.84. The van der Waals surface area contributed by atoms with Gasteiger partial charge in [0.1, 0.15) is 0 Å². The SMILES string of the molecule is CN(c1ccncc1F)n1cccc1CO. The third kappa shape index (κ3) is 1.77. The van der Waals surface area contributed by atoms with Crippen molar-refractivity contribution in [3.63, 3.8) is 0 Å². The van der Waals surface area contributed by atoms with E-state index in [0.29, 0.717) is 11.4 Å². The normalized spacial score (nSPS) is 10.4. The molecule has 0 aromatic carbocycles. The van der Waals surface area contributed by atoms with Crippen LogP contribution >= 0.6 is 0 Å². The van der Waals surface area contributed by atoms with Crippen molar-refractivity contribution in [3.05, 3.63) is 48.3 Å². The number of aromatic nitrogens is 2. The Morgan fingerprint density at radius 1 is 1.50 bits per heavy atom. The Labute approximate surface area is 92.5 Å². The lowest BCUT2D eigenvalue weighted by molar-refractivity contribution is 0.271. The molecule has 2 heterocycles. The number of pyridine rings is 1. The maximum atomic E-state index is 13.5. The van der Waals surface area contributed by atoms with E-state index in [4.69, 9.17) is 5.11 Å². The number of aliphatic hydroxyl groups is 1. The molecule has 0 saturated heterocycles. The zero-order chi connectivity index (χ0) is 11.5. The molecule has 2 aromatic heterocycles. The Morgan fingerprint density at radius 2 is 2.31 bits per heavy atom. The molecule has 0 atom stereocenters. The molecule has 0 radical (unpaired) electrons. The van der Waals surface area contributed by atoms with E-state index in [0.717, 1.165) is 6.20 Å². The minimum Gasteiger partial charge on any atom is -0.390 e. The largest absolute Gasteiger partial charge is 0.390 e. The molecule has 0 unspecified atom stereocenters. The minimum atomic E-state index is -0.400. The fraction of sp³-hybridized carbons (Fsp3) is 0.182. The van der Waals surface area contributed by atoms with Gasteiger partial charge in [0, 0.05) is 19.4 Å². The van der Waals surface area contributed by atoms with Crippen LogP contribution in [0.1, 0.15) is 5.69 Å². The molecule has 0 spiro atoms. The van der Waals surface area contributed by atoms with Gasteiger partial charge in [-0.05, 0) is 18.2 Å². The summed E-state index contributed by atoms with van der Waals surface area (Å²) in [5.41, 5.74) is 1.10. The van der Waals surface area contributed by atoms with Gasteiger partial charge >= 0.3 is 0 Å². The van der Waals surface area contributed by atoms with Crippen molar-refractivity contribution >= 4 is 5.69 Å². The predicted molar refractivity (Wildman–Crippen MR) is 58.4 cm³/mol. The summed E-state index contributed by atoms with van der Waals surface area (Å²) in [5.74, 6) is -0.400. The number of hydrogen-bond acceptors (Lipinski definition) is 3. The number of nitrogens with zero attached hydrogens (tertiary/aromatic N) is 3. The highest BCUT2D eigenvalue weighted by Crippen LogP contribution is 2.18. The Hall–Kier alpha value is -1.88. The van der Waals surface area contributed by atoms with E-state index >= 15 is 0 Å². The first-order valence-electron chi connectivity index (χ1n) is 4.84. The Balaban J connectivity index is 2.39. The topological polar surface area (TPSA) is 41.3 Å². The van der Waals surface area contributed by atoms with E-state index in [1.165, 1.54) is 6.20 Å². The van der Waals surface area contributed by atoms with E-state index in [-0.39, 0.29) is 6.61 Å². The van der Waals surface area contributed by atoms with Gasteiger partial charge in [-0.3, -0.25) is 14.7 Å². The van der Waals surface area contributed by atoms with Crippen molar-refractivity contribution in [1.82, 2.24) is 9.66 Å². The van der Waals surface area contributed by atoms with E-state index < -0.39 is 5.82 Å². The van der Waals surface area contributed by atoms with Gasteiger partial charge in [0.05, 0.1) is 24.2 Å². The number of hydrogen-bond donors (Lipinski definition) is 1. The third-order valence-electron chi connectivity index (χ3n) is 2.40. The molecule has 4 nitrogen and oxygen atoms in total. The summed E-state index contributed by atoms with van der Waals surface area (Å²) < 4.78 is 15.2. The second kappa shape index (κ2) is 4.32. The molecule has 5 heteroatoms. The molecule has 16 heavy (non-hydrogen) atoms. The standard InChI is InChI=1S/C11H12FN3O/c1-14(11-4-5-13-7-10(11)12)15-6-2-3-9(15)8-16/h2-7,16H,8H2,1H3. The molecule has 84 valence electrons. The van der Waals surface area contributed by atoms with Crippen molar-refractivity contribution in [2.24, 2.45) is 0 Å². The molecule has 0 bridgehead atoms. The number of anilines is 1. The van der Waals surface area contributed by atoms with Crippen LogP contribution < -0.4 is 5.01 Å². The Kier molecular flexibility index (Phi) is 2.87. The molecule has 2 aromatic rings. The van der Waals surface area contributed by atoms with Crippen LogP contribution in [0.4, 0.5) is 10.1 Å². The molecule has 2 rings (SSSR count). The van der Waals surface area contributed by atoms with E-state index in [1.807, 2.05) is 0 Å². The summed E-state index contributed by atoms with van der Waals surface area (Å²) in [4.78, 5) is 3.69. The third-order valence-corrected chi connectivity index (χ3v) is 2.40. The van der Waals surface area contributed by atoms with Crippen LogP contribution in [0, 0.1) is 5.82 Å². The molecule has 0 amide bonds. The Bertz CT molecular complexity index is 484. The van der Waals surface area contributed by atoms with Crippen LogP contribution in [0.2, 0.25) is 0 Å². The van der Waals surface area contributed by atoms with E-state index in [2.05, 4.69) is 4.98 Å². The number of halogens is 1. The molecule has 0 fully saturated rings. The second-order valence-corrected chi connectivity index (χ2v) is 3.35. The van der Waals surface area contributed by atoms with Crippen LogP contribution in [0.25, 0.3) is 0 Å². The smallest absolute Gasteiger partial charge is 0.166 e. The van der Waals surface area contributed by atoms with Gasteiger partial charge in [-0.15, -0.1) is 0 Å². The van der Waals surface area contributed by atoms with Crippen LogP contribution in [-0.4, -0.2) is 21.8 Å². The maximum Gasteiger partial charge on any atom is 0.166 e. The lowest BCUT2D eigenvalue weighted by Crippen LogP contribution is -2.26. The van der Waals surface area contributed by atoms with Crippen molar-refractivity contribution in [1.29, 1.82) is 0 Å². The summed E-state index contributed by atoms with van der Waals surface area (Å²) in [6.07, 6.45) is 4.44. The van der Waals surface area contributed by atoms with Gasteiger partial charge in [0.2, 0.25) is 0 Å². The van der Waals surface area contributed by atoms with Crippen LogP contribution in [0.15, 0.2) is 36.8 Å². The van der Waals surface area contributed by atoms with Gasteiger partial charge < -0.3 is 5.11 Å². The summed E-state index contributed by atoms with van der Waals surface area (Å²) in [6.45, 7) is -0.0932. The first-order chi connectivity index (χ1) is 7.74. The van der Waals surface area contributed by atoms with Crippen molar-refractivity contribution in [3.8, 4) is 0 Å². The van der Waals surface area contributed by atoms with E-state index in [1.54, 1.807) is 41.1 Å². The van der Waals surface area contributed by atoms with Crippen LogP contribution in [0.3, 0.4) is 0 Å². The first kappa shape index (κ1) is 10.6. The lowest BCUT2D eigenvalue weighted by Gasteiger charge is -2.23. The maximum absolute atomic E-state index is 13.5. The summed E-state index contributed by atoms with van der Waals surface area (Å²) in [7, 11) is 1.72. The number of aliphatic hydroxyl groups excluding tert-OH is 1. The molecule has 0 aliphatic heterocycles. The lowest BCUT2D eigenvalue weighted by atomic mass is 10.4. The van der Waals surface area contributed by atoms with E-state index in [9.17, 15) is 4.39 Å². The van der Waals surface area contributed by atoms with Crippen molar-refractivity contribution < 1.29 is 9.50 Å². The molecule has 0 saturated carbocycles. The van der Waals surface area contributed by atoms with Gasteiger partial charge in [-0.25, -0.2) is 4.39 Å². The molecular weight excluding hydrogens is 209 g/mol. The van der Waals surface area contributed by atoms with Crippen molar-refractivity contribution in [2.45, 2.75) is 6.61 Å². The summed E-state index contributed by atoms with van der Waals surface area (Å²) >= 11 is 0. The fourth-order valence-corrected chi connectivity index (χ4v) is 1.57. The monoisotopic (exact) mass is 221 g/mol. The first-order valence-corrected chi connectivity index (χ1v) is 4.84. The molecule has 0 aliphatic carbocycles. The summed E-state index contributed by atoms with van der Waals surface area (Å²) in [6, 6.07) is 5.15. The number of rotatable bonds is 3. The Morgan fingerprint density at radius 3 is 3.00 bits per heavy atom. The fourth-order valence-electron chi connectivity index (χ4n) is 1.57. The predicted octanol–water partition coefficient (Wildman–Crippen LogP) is 1.41. The van der Waals surface area contributed by atoms with Gasteiger partial charge in [-0.1, -0.05) is 0 Å². The molecule has 0 aliphatic rings.